The van der Waals surface area contributed by atoms with Gasteiger partial charge in [0.05, 0.1) is 18.7 Å². The standard InChI is InChI=1S/C11H15N3O5S2/c1-2-19-10(16)3-7-6-20-11(13-7)14-5-8(4-9(14)15)21(12,17)18/h6,8H,2-5H2,1H3,(H2,12,17,18). The maximum Gasteiger partial charge on any atom is 0.311 e. The van der Waals surface area contributed by atoms with Gasteiger partial charge in [-0.2, -0.15) is 0 Å². The van der Waals surface area contributed by atoms with Crippen LogP contribution >= 0.6 is 11.3 Å². The summed E-state index contributed by atoms with van der Waals surface area (Å²) in [5.41, 5.74) is 0.486. The Labute approximate surface area is 126 Å². The lowest BCUT2D eigenvalue weighted by Gasteiger charge is -2.11. The molecule has 1 unspecified atom stereocenters. The lowest BCUT2D eigenvalue weighted by atomic mass is 10.3. The minimum Gasteiger partial charge on any atom is -0.466 e. The molecule has 0 bridgehead atoms. The Morgan fingerprint density at radius 3 is 2.90 bits per heavy atom. The van der Waals surface area contributed by atoms with Gasteiger partial charge in [0.2, 0.25) is 15.9 Å². The van der Waals surface area contributed by atoms with Gasteiger partial charge in [0.1, 0.15) is 5.25 Å². The van der Waals surface area contributed by atoms with Crippen LogP contribution in [0.2, 0.25) is 0 Å². The number of nitrogens with two attached hydrogens (primary N) is 1. The van der Waals surface area contributed by atoms with E-state index in [-0.39, 0.29) is 31.9 Å². The van der Waals surface area contributed by atoms with Gasteiger partial charge in [-0.25, -0.2) is 18.5 Å². The Bertz CT molecular complexity index is 655. The first-order valence-corrected chi connectivity index (χ1v) is 8.72. The molecule has 1 atom stereocenters. The zero-order chi connectivity index (χ0) is 15.6. The zero-order valence-corrected chi connectivity index (χ0v) is 12.9. The van der Waals surface area contributed by atoms with Crippen LogP contribution in [0.4, 0.5) is 5.13 Å². The number of hydrogen-bond acceptors (Lipinski definition) is 7. The van der Waals surface area contributed by atoms with E-state index < -0.39 is 21.2 Å². The van der Waals surface area contributed by atoms with Crippen molar-refractivity contribution in [1.29, 1.82) is 0 Å². The number of primary sulfonamides is 1. The second kappa shape index (κ2) is 6.08. The van der Waals surface area contributed by atoms with Crippen molar-refractivity contribution in [3.8, 4) is 0 Å². The number of sulfonamides is 1. The van der Waals surface area contributed by atoms with Gasteiger partial charge < -0.3 is 4.74 Å². The average Bonchev–Trinajstić information content (AvgIpc) is 2.95. The summed E-state index contributed by atoms with van der Waals surface area (Å²) in [6.45, 7) is 1.99. The molecule has 10 heteroatoms. The quantitative estimate of drug-likeness (QED) is 0.735. The normalized spacial score (nSPS) is 19.0. The van der Waals surface area contributed by atoms with Gasteiger partial charge in [-0.1, -0.05) is 0 Å². The van der Waals surface area contributed by atoms with Crippen LogP contribution in [0.15, 0.2) is 5.38 Å². The minimum atomic E-state index is -3.76. The van der Waals surface area contributed by atoms with E-state index in [9.17, 15) is 18.0 Å². The van der Waals surface area contributed by atoms with Gasteiger partial charge in [-0.05, 0) is 6.92 Å². The molecular weight excluding hydrogens is 318 g/mol. The summed E-state index contributed by atoms with van der Waals surface area (Å²) in [7, 11) is -3.76. The van der Waals surface area contributed by atoms with Crippen LogP contribution < -0.4 is 10.0 Å². The summed E-state index contributed by atoms with van der Waals surface area (Å²) in [5, 5.41) is 6.16. The highest BCUT2D eigenvalue weighted by Gasteiger charge is 2.38. The summed E-state index contributed by atoms with van der Waals surface area (Å²) < 4.78 is 27.4. The third kappa shape index (κ3) is 3.77. The molecule has 0 radical (unpaired) electrons. The predicted molar refractivity (Wildman–Crippen MR) is 76.3 cm³/mol. The van der Waals surface area contributed by atoms with E-state index in [1.54, 1.807) is 12.3 Å². The van der Waals surface area contributed by atoms with Gasteiger partial charge in [-0.3, -0.25) is 14.5 Å². The summed E-state index contributed by atoms with van der Waals surface area (Å²) in [4.78, 5) is 28.7. The average molecular weight is 333 g/mol. The number of thiazole rings is 1. The van der Waals surface area contributed by atoms with Crippen molar-refractivity contribution in [2.45, 2.75) is 25.0 Å². The van der Waals surface area contributed by atoms with Crippen LogP contribution in [0.5, 0.6) is 0 Å². The van der Waals surface area contributed by atoms with E-state index in [2.05, 4.69) is 4.98 Å². The van der Waals surface area contributed by atoms with Crippen LogP contribution in [0.1, 0.15) is 19.0 Å². The van der Waals surface area contributed by atoms with E-state index in [4.69, 9.17) is 9.88 Å². The number of rotatable bonds is 5. The number of carbonyl (C=O) groups excluding carboxylic acids is 2. The second-order valence-electron chi connectivity index (χ2n) is 4.52. The van der Waals surface area contributed by atoms with Crippen molar-refractivity contribution in [2.75, 3.05) is 18.1 Å². The number of ether oxygens (including phenoxy) is 1. The minimum absolute atomic E-state index is 0.00989. The van der Waals surface area contributed by atoms with Gasteiger partial charge >= 0.3 is 5.97 Å². The molecule has 1 aliphatic rings. The van der Waals surface area contributed by atoms with E-state index in [0.717, 1.165) is 0 Å². The first-order chi connectivity index (χ1) is 9.81. The molecule has 0 spiro atoms. The Hall–Kier alpha value is -1.52. The molecule has 8 nitrogen and oxygen atoms in total. The first-order valence-electron chi connectivity index (χ1n) is 6.23. The number of esters is 1. The molecule has 0 aliphatic carbocycles. The van der Waals surface area contributed by atoms with Gasteiger partial charge in [0.25, 0.3) is 0 Å². The molecule has 1 aromatic heterocycles. The highest BCUT2D eigenvalue weighted by atomic mass is 32.2. The SMILES string of the molecule is CCOC(=O)Cc1csc(N2CC(S(N)(=O)=O)CC2=O)n1. The van der Waals surface area contributed by atoms with E-state index in [0.29, 0.717) is 10.8 Å². The highest BCUT2D eigenvalue weighted by molar-refractivity contribution is 7.89. The number of aromatic nitrogens is 1. The molecule has 0 aromatic carbocycles. The predicted octanol–water partition coefficient (Wildman–Crippen LogP) is -0.357. The molecule has 1 fully saturated rings. The maximum absolute atomic E-state index is 11.8. The third-order valence-corrected chi connectivity index (χ3v) is 5.11. The van der Waals surface area contributed by atoms with Crippen LogP contribution in [0.3, 0.4) is 0 Å². The Balaban J connectivity index is 2.08. The zero-order valence-electron chi connectivity index (χ0n) is 11.3. The largest absolute Gasteiger partial charge is 0.466 e. The molecule has 1 aromatic rings. The van der Waals surface area contributed by atoms with Crippen molar-refractivity contribution < 1.29 is 22.7 Å². The van der Waals surface area contributed by atoms with Gasteiger partial charge in [0.15, 0.2) is 5.13 Å². The number of amides is 1. The molecule has 2 N–H and O–H groups in total. The molecule has 0 saturated carbocycles. The van der Waals surface area contributed by atoms with Crippen molar-refractivity contribution in [1.82, 2.24) is 4.98 Å². The molecule has 1 saturated heterocycles. The van der Waals surface area contributed by atoms with Crippen molar-refractivity contribution in [2.24, 2.45) is 5.14 Å². The molecular formula is C11H15N3O5S2. The first kappa shape index (κ1) is 15.9. The number of anilines is 1. The molecule has 21 heavy (non-hydrogen) atoms. The molecule has 2 heterocycles. The van der Waals surface area contributed by atoms with Crippen LogP contribution in [-0.2, 0) is 30.8 Å². The topological polar surface area (TPSA) is 120 Å². The van der Waals surface area contributed by atoms with Crippen molar-refractivity contribution in [3.05, 3.63) is 11.1 Å². The number of hydrogen-bond donors (Lipinski definition) is 1. The fraction of sp³-hybridized carbons (Fsp3) is 0.545. The van der Waals surface area contributed by atoms with Crippen LogP contribution in [0, 0.1) is 0 Å². The lowest BCUT2D eigenvalue weighted by Crippen LogP contribution is -2.32. The summed E-state index contributed by atoms with van der Waals surface area (Å²) in [5.74, 6) is -0.740. The number of carbonyl (C=O) groups is 2. The third-order valence-electron chi connectivity index (χ3n) is 2.96. The molecule has 1 amide bonds. The Kier molecular flexibility index (Phi) is 4.59. The van der Waals surface area contributed by atoms with Crippen molar-refractivity contribution in [3.63, 3.8) is 0 Å². The highest BCUT2D eigenvalue weighted by Crippen LogP contribution is 2.27. The smallest absolute Gasteiger partial charge is 0.311 e. The molecule has 2 rings (SSSR count). The molecule has 116 valence electrons. The van der Waals surface area contributed by atoms with E-state index in [1.807, 2.05) is 0 Å². The summed E-state index contributed by atoms with van der Waals surface area (Å²) in [6.07, 6.45) is -0.128. The Morgan fingerprint density at radius 1 is 1.62 bits per heavy atom. The van der Waals surface area contributed by atoms with Crippen molar-refractivity contribution >= 4 is 38.4 Å². The van der Waals surface area contributed by atoms with E-state index >= 15 is 0 Å². The Morgan fingerprint density at radius 2 is 2.33 bits per heavy atom. The van der Waals surface area contributed by atoms with E-state index in [1.165, 1.54) is 16.2 Å². The fourth-order valence-corrected chi connectivity index (χ4v) is 3.52. The van der Waals surface area contributed by atoms with Crippen LogP contribution in [0.25, 0.3) is 0 Å². The maximum atomic E-state index is 11.8. The summed E-state index contributed by atoms with van der Waals surface area (Å²) in [6, 6.07) is 0. The molecule has 1 aliphatic heterocycles. The van der Waals surface area contributed by atoms with Gasteiger partial charge in [-0.15, -0.1) is 11.3 Å². The fourth-order valence-electron chi connectivity index (χ4n) is 1.94. The van der Waals surface area contributed by atoms with Crippen LogP contribution in [-0.4, -0.2) is 43.7 Å². The number of nitrogens with zero attached hydrogens (tertiary/aromatic N) is 2. The monoisotopic (exact) mass is 333 g/mol. The second-order valence-corrected chi connectivity index (χ2v) is 7.20. The summed E-state index contributed by atoms with van der Waals surface area (Å²) >= 11 is 1.17. The van der Waals surface area contributed by atoms with Gasteiger partial charge in [0, 0.05) is 18.3 Å². The lowest BCUT2D eigenvalue weighted by molar-refractivity contribution is -0.142.